The predicted molar refractivity (Wildman–Crippen MR) is 131 cm³/mol. The van der Waals surface area contributed by atoms with Crippen molar-refractivity contribution in [2.24, 2.45) is 0 Å². The zero-order valence-corrected chi connectivity index (χ0v) is 21.3. The summed E-state index contributed by atoms with van der Waals surface area (Å²) >= 11 is 0. The number of ether oxygens (including phenoxy) is 1. The van der Waals surface area contributed by atoms with Gasteiger partial charge in [-0.05, 0) is 62.8 Å². The Hall–Kier alpha value is -1.94. The first-order valence-corrected chi connectivity index (χ1v) is 14.6. The molecule has 1 saturated heterocycles. The van der Waals surface area contributed by atoms with Gasteiger partial charge in [0.05, 0.1) is 28.3 Å². The number of nitrogens with one attached hydrogen (secondary N) is 1. The lowest BCUT2D eigenvalue weighted by Gasteiger charge is -2.28. The highest BCUT2D eigenvalue weighted by molar-refractivity contribution is 7.96. The highest BCUT2D eigenvalue weighted by Gasteiger charge is 2.45. The van der Waals surface area contributed by atoms with Crippen molar-refractivity contribution in [3.8, 4) is 5.75 Å². The normalized spacial score (nSPS) is 21.2. The second kappa shape index (κ2) is 10.5. The molecule has 3 atom stereocenters. The van der Waals surface area contributed by atoms with Crippen LogP contribution in [0.4, 0.5) is 0 Å². The van der Waals surface area contributed by atoms with Crippen LogP contribution in [0, 0.1) is 0 Å². The third-order valence-corrected chi connectivity index (χ3v) is 10.3. The van der Waals surface area contributed by atoms with Gasteiger partial charge in [0.15, 0.2) is 19.7 Å². The Morgan fingerprint density at radius 2 is 1.67 bits per heavy atom. The molecule has 0 saturated carbocycles. The summed E-state index contributed by atoms with van der Waals surface area (Å²) in [5.41, 5.74) is 2.34. The Bertz CT molecular complexity index is 1130. The molecule has 2 aromatic carbocycles. The van der Waals surface area contributed by atoms with Gasteiger partial charge < -0.3 is 15.0 Å². The minimum absolute atomic E-state index is 0.0203. The van der Waals surface area contributed by atoms with Gasteiger partial charge in [0.1, 0.15) is 5.75 Å². The highest BCUT2D eigenvalue weighted by atomic mass is 32.2. The van der Waals surface area contributed by atoms with Gasteiger partial charge in [-0.2, -0.15) is 0 Å². The molecule has 182 valence electrons. The van der Waals surface area contributed by atoms with E-state index in [0.717, 1.165) is 12.0 Å². The summed E-state index contributed by atoms with van der Waals surface area (Å²) in [7, 11) is -3.40. The molecule has 9 heteroatoms. The van der Waals surface area contributed by atoms with Gasteiger partial charge in [-0.25, -0.2) is 16.8 Å². The first-order chi connectivity index (χ1) is 15.6. The van der Waals surface area contributed by atoms with E-state index in [1.54, 1.807) is 12.1 Å². The van der Waals surface area contributed by atoms with Crippen LogP contribution in [0.1, 0.15) is 31.0 Å². The van der Waals surface area contributed by atoms with Crippen LogP contribution in [0.3, 0.4) is 0 Å². The monoisotopic (exact) mass is 494 g/mol. The van der Waals surface area contributed by atoms with Crippen LogP contribution < -0.4 is 10.1 Å². The molecule has 0 aromatic heterocycles. The molecule has 33 heavy (non-hydrogen) atoms. The van der Waals surface area contributed by atoms with Gasteiger partial charge in [0.2, 0.25) is 0 Å². The standard InChI is InChI=1S/C24H34N2O5S2/c1-5-18-7-9-19(10-8-18)23(26(3)4)15-25-22-16-32(27,28)17-24(22)33(29,30)21-13-11-20(12-14-21)31-6-2/h7-14,22-25H,5-6,15-17H2,1-4H3/t22-,23?,24-/m0/s1. The quantitative estimate of drug-likeness (QED) is 0.542. The van der Waals surface area contributed by atoms with Gasteiger partial charge in [0, 0.05) is 18.6 Å². The number of rotatable bonds is 10. The Labute approximate surface area is 198 Å². The summed E-state index contributed by atoms with van der Waals surface area (Å²) in [6.07, 6.45) is 0.955. The van der Waals surface area contributed by atoms with Gasteiger partial charge in [-0.1, -0.05) is 31.2 Å². The summed E-state index contributed by atoms with van der Waals surface area (Å²) in [5.74, 6) is 0.00837. The SMILES string of the molecule is CCOc1ccc(S(=O)(=O)[C@H]2CS(=O)(=O)C[C@@H]2NCC(c2ccc(CC)cc2)N(C)C)cc1. The molecular weight excluding hydrogens is 460 g/mol. The average Bonchev–Trinajstić information content (AvgIpc) is 3.10. The number of hydrogen-bond acceptors (Lipinski definition) is 7. The second-order valence-corrected chi connectivity index (χ2v) is 13.0. The maximum absolute atomic E-state index is 13.4. The molecule has 0 aliphatic carbocycles. The van der Waals surface area contributed by atoms with Crippen LogP contribution >= 0.6 is 0 Å². The number of sulfone groups is 2. The fourth-order valence-corrected chi connectivity index (χ4v) is 8.93. The molecule has 2 aromatic rings. The number of nitrogens with zero attached hydrogens (tertiary/aromatic N) is 1. The van der Waals surface area contributed by atoms with E-state index in [0.29, 0.717) is 18.9 Å². The molecule has 1 N–H and O–H groups in total. The van der Waals surface area contributed by atoms with Crippen LogP contribution in [0.15, 0.2) is 53.4 Å². The van der Waals surface area contributed by atoms with Crippen LogP contribution in [0.5, 0.6) is 5.75 Å². The molecule has 1 unspecified atom stereocenters. The number of hydrogen-bond donors (Lipinski definition) is 1. The van der Waals surface area contributed by atoms with E-state index in [1.165, 1.54) is 17.7 Å². The molecule has 3 rings (SSSR count). The second-order valence-electron chi connectivity index (χ2n) is 8.65. The van der Waals surface area contributed by atoms with Crippen molar-refractivity contribution >= 4 is 19.7 Å². The molecule has 7 nitrogen and oxygen atoms in total. The Morgan fingerprint density at radius 1 is 1.03 bits per heavy atom. The lowest BCUT2D eigenvalue weighted by atomic mass is 10.0. The van der Waals surface area contributed by atoms with Crippen LogP contribution in [-0.4, -0.2) is 71.8 Å². The third-order valence-electron chi connectivity index (χ3n) is 6.13. The van der Waals surface area contributed by atoms with Crippen molar-refractivity contribution in [3.63, 3.8) is 0 Å². The zero-order chi connectivity index (χ0) is 24.2. The Balaban J connectivity index is 1.81. The number of likely N-dealkylation sites (N-methyl/N-ethyl adjacent to an activating group) is 1. The first-order valence-electron chi connectivity index (χ1n) is 11.2. The average molecular weight is 495 g/mol. The molecule has 1 aliphatic heterocycles. The van der Waals surface area contributed by atoms with Gasteiger partial charge >= 0.3 is 0 Å². The summed E-state index contributed by atoms with van der Waals surface area (Å²) in [5, 5.41) is 2.24. The summed E-state index contributed by atoms with van der Waals surface area (Å²) in [6.45, 7) is 4.87. The number of aryl methyl sites for hydroxylation is 1. The van der Waals surface area contributed by atoms with Gasteiger partial charge in [0.25, 0.3) is 0 Å². The van der Waals surface area contributed by atoms with Crippen molar-refractivity contribution in [1.29, 1.82) is 0 Å². The smallest absolute Gasteiger partial charge is 0.183 e. The first kappa shape index (κ1) is 25.7. The summed E-state index contributed by atoms with van der Waals surface area (Å²) in [6, 6.07) is 13.8. The molecule has 1 fully saturated rings. The fraction of sp³-hybridized carbons (Fsp3) is 0.500. The van der Waals surface area contributed by atoms with E-state index in [2.05, 4.69) is 36.5 Å². The van der Waals surface area contributed by atoms with E-state index in [9.17, 15) is 16.8 Å². The molecule has 0 bridgehead atoms. The van der Waals surface area contributed by atoms with Gasteiger partial charge in [-0.3, -0.25) is 0 Å². The van der Waals surface area contributed by atoms with Crippen molar-refractivity contribution < 1.29 is 21.6 Å². The topological polar surface area (TPSA) is 92.8 Å². The van der Waals surface area contributed by atoms with E-state index in [1.807, 2.05) is 25.9 Å². The van der Waals surface area contributed by atoms with E-state index in [4.69, 9.17) is 4.74 Å². The van der Waals surface area contributed by atoms with Crippen molar-refractivity contribution in [2.75, 3.05) is 38.8 Å². The maximum Gasteiger partial charge on any atom is 0.183 e. The number of benzene rings is 2. The molecule has 0 spiro atoms. The van der Waals surface area contributed by atoms with E-state index >= 15 is 0 Å². The molecule has 0 radical (unpaired) electrons. The predicted octanol–water partition coefficient (Wildman–Crippen LogP) is 2.48. The summed E-state index contributed by atoms with van der Waals surface area (Å²) in [4.78, 5) is 2.16. The summed E-state index contributed by atoms with van der Waals surface area (Å²) < 4.78 is 57.0. The van der Waals surface area contributed by atoms with Crippen LogP contribution in [-0.2, 0) is 26.1 Å². The zero-order valence-electron chi connectivity index (χ0n) is 19.7. The van der Waals surface area contributed by atoms with Gasteiger partial charge in [-0.15, -0.1) is 0 Å². The minimum Gasteiger partial charge on any atom is -0.494 e. The lowest BCUT2D eigenvalue weighted by Crippen LogP contribution is -2.46. The Morgan fingerprint density at radius 3 is 2.21 bits per heavy atom. The Kier molecular flexibility index (Phi) is 8.21. The highest BCUT2D eigenvalue weighted by Crippen LogP contribution is 2.28. The van der Waals surface area contributed by atoms with Crippen molar-refractivity contribution in [1.82, 2.24) is 10.2 Å². The molecular formula is C24H34N2O5S2. The van der Waals surface area contributed by atoms with Crippen molar-refractivity contribution in [3.05, 3.63) is 59.7 Å². The maximum atomic E-state index is 13.4. The lowest BCUT2D eigenvalue weighted by molar-refractivity contribution is 0.282. The van der Waals surface area contributed by atoms with E-state index < -0.39 is 31.0 Å². The third kappa shape index (κ3) is 6.15. The molecule has 1 heterocycles. The molecule has 1 aliphatic rings. The van der Waals surface area contributed by atoms with Crippen LogP contribution in [0.25, 0.3) is 0 Å². The largest absolute Gasteiger partial charge is 0.494 e. The van der Waals surface area contributed by atoms with E-state index in [-0.39, 0.29) is 22.4 Å². The molecule has 0 amide bonds. The van der Waals surface area contributed by atoms with Crippen LogP contribution in [0.2, 0.25) is 0 Å². The van der Waals surface area contributed by atoms with Crippen molar-refractivity contribution in [2.45, 2.75) is 42.5 Å². The minimum atomic E-state index is -3.84. The fourth-order valence-electron chi connectivity index (χ4n) is 4.22.